The van der Waals surface area contributed by atoms with Crippen LogP contribution in [0.3, 0.4) is 0 Å². The number of aromatic nitrogens is 2. The van der Waals surface area contributed by atoms with Gasteiger partial charge in [-0.15, -0.1) is 0 Å². The summed E-state index contributed by atoms with van der Waals surface area (Å²) in [4.78, 5) is 24.3. The van der Waals surface area contributed by atoms with E-state index in [2.05, 4.69) is 15.3 Å². The Hall–Kier alpha value is -2.41. The first-order valence-corrected chi connectivity index (χ1v) is 7.16. The van der Waals surface area contributed by atoms with E-state index in [4.69, 9.17) is 11.6 Å². The van der Waals surface area contributed by atoms with Gasteiger partial charge in [-0.1, -0.05) is 17.7 Å². The fourth-order valence-corrected chi connectivity index (χ4v) is 2.16. The Labute approximate surface area is 138 Å². The molecule has 0 radical (unpaired) electrons. The molecule has 0 aliphatic carbocycles. The molecule has 1 amide bonds. The summed E-state index contributed by atoms with van der Waals surface area (Å²) in [5, 5.41) is 2.65. The van der Waals surface area contributed by atoms with Crippen LogP contribution in [0.5, 0.6) is 0 Å². The van der Waals surface area contributed by atoms with E-state index in [1.54, 1.807) is 23.9 Å². The minimum atomic E-state index is -0.688. The van der Waals surface area contributed by atoms with Crippen LogP contribution >= 0.6 is 11.6 Å². The average Bonchev–Trinajstić information content (AvgIpc) is 2.46. The predicted molar refractivity (Wildman–Crippen MR) is 90.0 cm³/mol. The molecule has 0 aliphatic rings. The fraction of sp³-hybridized carbons (Fsp3) is 0.267. The number of anilines is 3. The number of rotatable bonds is 4. The van der Waals surface area contributed by atoms with Crippen LogP contribution in [-0.2, 0) is 0 Å². The standard InChI is InChI=1S/C15H17ClFN5O/c1-21(2)13-11(8-18-15(20-13)22(3)4)19-14(23)12-9(16)6-5-7-10(12)17/h5-8H,1-4H3,(H,19,23). The number of benzene rings is 1. The topological polar surface area (TPSA) is 61.4 Å². The first-order valence-electron chi connectivity index (χ1n) is 6.78. The third-order valence-corrected chi connectivity index (χ3v) is 3.33. The summed E-state index contributed by atoms with van der Waals surface area (Å²) in [7, 11) is 7.19. The highest BCUT2D eigenvalue weighted by molar-refractivity contribution is 6.34. The lowest BCUT2D eigenvalue weighted by Crippen LogP contribution is -2.21. The lowest BCUT2D eigenvalue weighted by Gasteiger charge is -2.19. The molecular weight excluding hydrogens is 321 g/mol. The van der Waals surface area contributed by atoms with Crippen molar-refractivity contribution in [2.45, 2.75) is 0 Å². The van der Waals surface area contributed by atoms with E-state index in [0.717, 1.165) is 0 Å². The second-order valence-electron chi connectivity index (χ2n) is 5.25. The van der Waals surface area contributed by atoms with Crippen molar-refractivity contribution < 1.29 is 9.18 Å². The van der Waals surface area contributed by atoms with Gasteiger partial charge in [-0.05, 0) is 12.1 Å². The Morgan fingerprint density at radius 2 is 1.91 bits per heavy atom. The monoisotopic (exact) mass is 337 g/mol. The van der Waals surface area contributed by atoms with Gasteiger partial charge in [0, 0.05) is 28.2 Å². The molecule has 1 N–H and O–H groups in total. The molecule has 8 heteroatoms. The normalized spacial score (nSPS) is 10.3. The van der Waals surface area contributed by atoms with E-state index < -0.39 is 11.7 Å². The van der Waals surface area contributed by atoms with E-state index in [1.807, 2.05) is 14.1 Å². The fourth-order valence-electron chi connectivity index (χ4n) is 1.91. The molecule has 0 unspecified atom stereocenters. The van der Waals surface area contributed by atoms with Gasteiger partial charge in [0.05, 0.1) is 16.8 Å². The molecule has 0 bridgehead atoms. The van der Waals surface area contributed by atoms with E-state index >= 15 is 0 Å². The summed E-state index contributed by atoms with van der Waals surface area (Å²) in [6.45, 7) is 0. The second-order valence-corrected chi connectivity index (χ2v) is 5.65. The highest BCUT2D eigenvalue weighted by Gasteiger charge is 2.19. The Kier molecular flexibility index (Phi) is 5.00. The number of hydrogen-bond acceptors (Lipinski definition) is 5. The van der Waals surface area contributed by atoms with Crippen molar-refractivity contribution in [2.75, 3.05) is 43.3 Å². The quantitative estimate of drug-likeness (QED) is 0.929. The number of nitrogens with one attached hydrogen (secondary N) is 1. The molecule has 122 valence electrons. The van der Waals surface area contributed by atoms with E-state index in [-0.39, 0.29) is 10.6 Å². The van der Waals surface area contributed by atoms with Crippen molar-refractivity contribution >= 4 is 35.0 Å². The molecule has 0 spiro atoms. The van der Waals surface area contributed by atoms with Crippen LogP contribution in [0.4, 0.5) is 21.8 Å². The summed E-state index contributed by atoms with van der Waals surface area (Å²) in [6.07, 6.45) is 1.48. The molecule has 0 saturated heterocycles. The highest BCUT2D eigenvalue weighted by atomic mass is 35.5. The Balaban J connectivity index is 2.38. The smallest absolute Gasteiger partial charge is 0.260 e. The lowest BCUT2D eigenvalue weighted by atomic mass is 10.2. The predicted octanol–water partition coefficient (Wildman–Crippen LogP) is 2.65. The maximum absolute atomic E-state index is 13.8. The minimum Gasteiger partial charge on any atom is -0.361 e. The zero-order valence-corrected chi connectivity index (χ0v) is 14.0. The van der Waals surface area contributed by atoms with Crippen molar-refractivity contribution in [3.8, 4) is 0 Å². The second kappa shape index (κ2) is 6.78. The minimum absolute atomic E-state index is 0.0414. The molecule has 0 fully saturated rings. The van der Waals surface area contributed by atoms with Crippen molar-refractivity contribution in [3.05, 3.63) is 40.8 Å². The van der Waals surface area contributed by atoms with Crippen LogP contribution in [-0.4, -0.2) is 44.1 Å². The summed E-state index contributed by atoms with van der Waals surface area (Å²) in [5.41, 5.74) is 0.153. The SMILES string of the molecule is CN(C)c1ncc(NC(=O)c2c(F)cccc2Cl)c(N(C)C)n1. The number of hydrogen-bond donors (Lipinski definition) is 1. The van der Waals surface area contributed by atoms with E-state index in [1.165, 1.54) is 24.4 Å². The largest absolute Gasteiger partial charge is 0.361 e. The van der Waals surface area contributed by atoms with Gasteiger partial charge in [-0.2, -0.15) is 4.98 Å². The first kappa shape index (κ1) is 17.0. The Morgan fingerprint density at radius 1 is 1.22 bits per heavy atom. The molecule has 1 aromatic carbocycles. The van der Waals surface area contributed by atoms with Gasteiger partial charge in [-0.3, -0.25) is 4.79 Å². The average molecular weight is 338 g/mol. The molecule has 23 heavy (non-hydrogen) atoms. The van der Waals surface area contributed by atoms with Crippen molar-refractivity contribution in [3.63, 3.8) is 0 Å². The molecule has 1 aromatic heterocycles. The number of carbonyl (C=O) groups is 1. The van der Waals surface area contributed by atoms with Crippen molar-refractivity contribution in [1.29, 1.82) is 0 Å². The first-order chi connectivity index (χ1) is 10.8. The molecule has 2 rings (SSSR count). The molecule has 0 saturated carbocycles. The maximum atomic E-state index is 13.8. The van der Waals surface area contributed by atoms with Crippen LogP contribution in [0.25, 0.3) is 0 Å². The number of halogens is 2. The van der Waals surface area contributed by atoms with Gasteiger partial charge in [0.15, 0.2) is 5.82 Å². The molecule has 2 aromatic rings. The van der Waals surface area contributed by atoms with Gasteiger partial charge >= 0.3 is 0 Å². The summed E-state index contributed by atoms with van der Waals surface area (Å²) in [6, 6.07) is 4.08. The number of amides is 1. The summed E-state index contributed by atoms with van der Waals surface area (Å²) >= 11 is 5.91. The van der Waals surface area contributed by atoms with Crippen LogP contribution in [0.2, 0.25) is 5.02 Å². The van der Waals surface area contributed by atoms with Crippen LogP contribution in [0.1, 0.15) is 10.4 Å². The lowest BCUT2D eigenvalue weighted by molar-refractivity contribution is 0.102. The van der Waals surface area contributed by atoms with E-state index in [0.29, 0.717) is 17.5 Å². The highest BCUT2D eigenvalue weighted by Crippen LogP contribution is 2.25. The van der Waals surface area contributed by atoms with Crippen LogP contribution < -0.4 is 15.1 Å². The van der Waals surface area contributed by atoms with Crippen LogP contribution in [0, 0.1) is 5.82 Å². The zero-order chi connectivity index (χ0) is 17.1. The summed E-state index contributed by atoms with van der Waals surface area (Å²) < 4.78 is 13.8. The Bertz CT molecular complexity index is 716. The zero-order valence-electron chi connectivity index (χ0n) is 13.3. The Morgan fingerprint density at radius 3 is 2.48 bits per heavy atom. The number of nitrogens with zero attached hydrogens (tertiary/aromatic N) is 4. The molecule has 0 aliphatic heterocycles. The van der Waals surface area contributed by atoms with Gasteiger partial charge in [0.1, 0.15) is 11.5 Å². The third kappa shape index (κ3) is 3.68. The summed E-state index contributed by atoms with van der Waals surface area (Å²) in [5.74, 6) is -0.343. The number of carbonyl (C=O) groups excluding carboxylic acids is 1. The van der Waals surface area contributed by atoms with Crippen LogP contribution in [0.15, 0.2) is 24.4 Å². The molecule has 0 atom stereocenters. The molecule has 1 heterocycles. The van der Waals surface area contributed by atoms with Gasteiger partial charge in [0.2, 0.25) is 5.95 Å². The van der Waals surface area contributed by atoms with Gasteiger partial charge in [-0.25, -0.2) is 9.37 Å². The van der Waals surface area contributed by atoms with E-state index in [9.17, 15) is 9.18 Å². The van der Waals surface area contributed by atoms with Gasteiger partial charge in [0.25, 0.3) is 5.91 Å². The third-order valence-electron chi connectivity index (χ3n) is 3.02. The molecule has 6 nitrogen and oxygen atoms in total. The van der Waals surface area contributed by atoms with Gasteiger partial charge < -0.3 is 15.1 Å². The molecular formula is C15H17ClFN5O. The van der Waals surface area contributed by atoms with Crippen molar-refractivity contribution in [2.24, 2.45) is 0 Å². The van der Waals surface area contributed by atoms with Crippen molar-refractivity contribution in [1.82, 2.24) is 9.97 Å². The maximum Gasteiger partial charge on any atom is 0.260 e.